The molecule has 1 fully saturated rings. The second-order valence-electron chi connectivity index (χ2n) is 5.74. The van der Waals surface area contributed by atoms with Crippen LogP contribution in [-0.4, -0.2) is 24.4 Å². The summed E-state index contributed by atoms with van der Waals surface area (Å²) in [6.45, 7) is 8.47. The van der Waals surface area contributed by atoms with Crippen molar-refractivity contribution in [1.29, 1.82) is 0 Å². The lowest BCUT2D eigenvalue weighted by Crippen LogP contribution is -2.41. The fourth-order valence-electron chi connectivity index (χ4n) is 1.88. The molecule has 1 aromatic carbocycles. The molecule has 5 heteroatoms. The molecule has 0 aliphatic carbocycles. The highest BCUT2D eigenvalue weighted by molar-refractivity contribution is 6.62. The van der Waals surface area contributed by atoms with Crippen LogP contribution in [0, 0.1) is 0 Å². The normalized spacial score (nSPS) is 20.1. The van der Waals surface area contributed by atoms with Crippen LogP contribution in [0.25, 0.3) is 0 Å². The van der Waals surface area contributed by atoms with E-state index >= 15 is 0 Å². The van der Waals surface area contributed by atoms with E-state index in [1.165, 1.54) is 6.08 Å². The summed E-state index contributed by atoms with van der Waals surface area (Å²) in [5.74, 6) is 0. The van der Waals surface area contributed by atoms with Gasteiger partial charge in [-0.1, -0.05) is 24.3 Å². The minimum absolute atomic E-state index is 0.335. The van der Waals surface area contributed by atoms with Gasteiger partial charge in [0.05, 0.1) is 17.7 Å². The lowest BCUT2D eigenvalue weighted by atomic mass is 9.79. The first-order valence-corrected chi connectivity index (χ1v) is 6.34. The van der Waals surface area contributed by atoms with Gasteiger partial charge in [-0.3, -0.25) is 0 Å². The van der Waals surface area contributed by atoms with Crippen molar-refractivity contribution >= 4 is 18.7 Å². The van der Waals surface area contributed by atoms with Gasteiger partial charge in [-0.2, -0.15) is 0 Å². The van der Waals surface area contributed by atoms with Gasteiger partial charge in [-0.25, -0.2) is 9.79 Å². The van der Waals surface area contributed by atoms with E-state index in [4.69, 9.17) is 9.31 Å². The van der Waals surface area contributed by atoms with Crippen LogP contribution in [-0.2, 0) is 20.6 Å². The molecule has 19 heavy (non-hydrogen) atoms. The van der Waals surface area contributed by atoms with Crippen LogP contribution in [0.3, 0.4) is 0 Å². The smallest absolute Gasteiger partial charge is 0.399 e. The van der Waals surface area contributed by atoms with Gasteiger partial charge in [0.1, 0.15) is 0 Å². The molecule has 1 aliphatic rings. The highest BCUT2D eigenvalue weighted by Gasteiger charge is 2.51. The maximum atomic E-state index is 10.1. The van der Waals surface area contributed by atoms with Crippen LogP contribution in [0.15, 0.2) is 29.3 Å². The van der Waals surface area contributed by atoms with Gasteiger partial charge >= 0.3 is 7.12 Å². The first kappa shape index (κ1) is 14.0. The van der Waals surface area contributed by atoms with E-state index in [1.807, 2.05) is 52.0 Å². The maximum absolute atomic E-state index is 10.1. The Morgan fingerprint density at radius 3 is 2.11 bits per heavy atom. The molecule has 2 rings (SSSR count). The van der Waals surface area contributed by atoms with Crippen LogP contribution >= 0.6 is 0 Å². The molecule has 1 aromatic rings. The number of rotatable bonds is 3. The highest BCUT2D eigenvalue weighted by Crippen LogP contribution is 2.36. The van der Waals surface area contributed by atoms with Crippen molar-refractivity contribution in [3.05, 3.63) is 29.8 Å². The number of carbonyl (C=O) groups excluding carboxylic acids is 1. The summed E-state index contributed by atoms with van der Waals surface area (Å²) in [6, 6.07) is 7.72. The molecule has 0 saturated carbocycles. The molecule has 0 bridgehead atoms. The van der Waals surface area contributed by atoms with Crippen molar-refractivity contribution < 1.29 is 14.1 Å². The van der Waals surface area contributed by atoms with Crippen molar-refractivity contribution in [3.63, 3.8) is 0 Å². The summed E-state index contributed by atoms with van der Waals surface area (Å²) < 4.78 is 11.9. The zero-order valence-electron chi connectivity index (χ0n) is 11.8. The van der Waals surface area contributed by atoms with Gasteiger partial charge in [0, 0.05) is 0 Å². The lowest BCUT2D eigenvalue weighted by Gasteiger charge is -2.32. The summed E-state index contributed by atoms with van der Waals surface area (Å²) in [7, 11) is -0.353. The summed E-state index contributed by atoms with van der Waals surface area (Å²) in [5.41, 5.74) is 1.26. The molecular formula is C14H18BNO3. The maximum Gasteiger partial charge on any atom is 0.494 e. The summed E-state index contributed by atoms with van der Waals surface area (Å²) >= 11 is 0. The third-order valence-corrected chi connectivity index (χ3v) is 3.83. The van der Waals surface area contributed by atoms with E-state index < -0.39 is 0 Å². The average molecular weight is 259 g/mol. The Morgan fingerprint density at radius 2 is 1.63 bits per heavy atom. The molecule has 0 atom stereocenters. The SMILES string of the molecule is CC1(C)OB(c2ccc(CN=C=O)cc2)OC1(C)C. The fourth-order valence-corrected chi connectivity index (χ4v) is 1.88. The zero-order chi connectivity index (χ0) is 14.1. The molecule has 1 heterocycles. The third-order valence-electron chi connectivity index (χ3n) is 3.83. The number of hydrogen-bond donors (Lipinski definition) is 0. The Kier molecular flexibility index (Phi) is 3.63. The van der Waals surface area contributed by atoms with Crippen molar-refractivity contribution in [2.24, 2.45) is 4.99 Å². The Balaban J connectivity index is 2.14. The van der Waals surface area contributed by atoms with Gasteiger partial charge in [-0.15, -0.1) is 0 Å². The minimum Gasteiger partial charge on any atom is -0.399 e. The van der Waals surface area contributed by atoms with Crippen molar-refractivity contribution in [2.45, 2.75) is 45.4 Å². The number of isocyanates is 1. The predicted molar refractivity (Wildman–Crippen MR) is 74.0 cm³/mol. The quantitative estimate of drug-likeness (QED) is 0.472. The van der Waals surface area contributed by atoms with E-state index in [9.17, 15) is 4.79 Å². The van der Waals surface area contributed by atoms with Crippen molar-refractivity contribution in [1.82, 2.24) is 0 Å². The molecule has 1 saturated heterocycles. The van der Waals surface area contributed by atoms with Gasteiger partial charge in [0.25, 0.3) is 0 Å². The molecule has 0 radical (unpaired) electrons. The van der Waals surface area contributed by atoms with Gasteiger partial charge < -0.3 is 9.31 Å². The molecular weight excluding hydrogens is 241 g/mol. The topological polar surface area (TPSA) is 47.9 Å². The van der Waals surface area contributed by atoms with Gasteiger partial charge in [0.15, 0.2) is 0 Å². The number of nitrogens with zero attached hydrogens (tertiary/aromatic N) is 1. The Morgan fingerprint density at radius 1 is 1.11 bits per heavy atom. The van der Waals surface area contributed by atoms with E-state index in [0.29, 0.717) is 6.54 Å². The fraction of sp³-hybridized carbons (Fsp3) is 0.500. The predicted octanol–water partition coefficient (Wildman–Crippen LogP) is 1.82. The second-order valence-corrected chi connectivity index (χ2v) is 5.74. The van der Waals surface area contributed by atoms with Crippen molar-refractivity contribution in [2.75, 3.05) is 0 Å². The first-order valence-electron chi connectivity index (χ1n) is 6.34. The molecule has 0 N–H and O–H groups in total. The molecule has 0 amide bonds. The molecule has 0 unspecified atom stereocenters. The number of aliphatic imine (C=N–C) groups is 1. The summed E-state index contributed by atoms with van der Waals surface area (Å²) in [6.07, 6.45) is 1.53. The average Bonchev–Trinajstić information content (AvgIpc) is 2.56. The van der Waals surface area contributed by atoms with E-state index in [-0.39, 0.29) is 18.3 Å². The van der Waals surface area contributed by atoms with E-state index in [1.54, 1.807) is 0 Å². The monoisotopic (exact) mass is 259 g/mol. The standard InChI is InChI=1S/C14H18BNO3/c1-13(2)14(3,4)19-15(18-13)12-7-5-11(6-8-12)9-16-10-17/h5-8H,9H2,1-4H3. The van der Waals surface area contributed by atoms with Crippen LogP contribution in [0.5, 0.6) is 0 Å². The van der Waals surface area contributed by atoms with Crippen LogP contribution < -0.4 is 5.46 Å². The highest BCUT2D eigenvalue weighted by atomic mass is 16.7. The van der Waals surface area contributed by atoms with E-state index in [2.05, 4.69) is 4.99 Å². The Bertz CT molecular complexity index is 488. The van der Waals surface area contributed by atoms with Crippen LogP contribution in [0.4, 0.5) is 0 Å². The molecule has 4 nitrogen and oxygen atoms in total. The molecule has 100 valence electrons. The molecule has 0 spiro atoms. The number of benzene rings is 1. The van der Waals surface area contributed by atoms with Gasteiger partial charge in [0.2, 0.25) is 6.08 Å². The summed E-state index contributed by atoms with van der Waals surface area (Å²) in [5, 5.41) is 0. The summed E-state index contributed by atoms with van der Waals surface area (Å²) in [4.78, 5) is 13.6. The Hall–Kier alpha value is -1.42. The lowest BCUT2D eigenvalue weighted by molar-refractivity contribution is 0.00578. The van der Waals surface area contributed by atoms with Crippen LogP contribution in [0.2, 0.25) is 0 Å². The third kappa shape index (κ3) is 2.79. The number of hydrogen-bond acceptors (Lipinski definition) is 4. The zero-order valence-corrected chi connectivity index (χ0v) is 11.8. The largest absolute Gasteiger partial charge is 0.494 e. The Labute approximate surface area is 114 Å². The molecule has 0 aromatic heterocycles. The van der Waals surface area contributed by atoms with Gasteiger partial charge in [-0.05, 0) is 38.7 Å². The van der Waals surface area contributed by atoms with E-state index in [0.717, 1.165) is 11.0 Å². The molecule has 1 aliphatic heterocycles. The first-order chi connectivity index (χ1) is 8.86. The second kappa shape index (κ2) is 4.93. The van der Waals surface area contributed by atoms with Crippen LogP contribution in [0.1, 0.15) is 33.3 Å². The minimum atomic E-state index is -0.353. The van der Waals surface area contributed by atoms with Crippen molar-refractivity contribution in [3.8, 4) is 0 Å².